The number of hydrogen-bond acceptors (Lipinski definition) is 5. The molecule has 0 unspecified atom stereocenters. The molecule has 0 amide bonds. The summed E-state index contributed by atoms with van der Waals surface area (Å²) >= 11 is 11.4. The second-order valence-corrected chi connectivity index (χ2v) is 7.00. The van der Waals surface area contributed by atoms with Gasteiger partial charge in [-0.15, -0.1) is 0 Å². The molecule has 1 aromatic heterocycles. The van der Waals surface area contributed by atoms with E-state index in [1.165, 1.54) is 0 Å². The molecule has 3 rings (SSSR count). The lowest BCUT2D eigenvalue weighted by Gasteiger charge is -2.13. The maximum absolute atomic E-state index is 5.98. The predicted octanol–water partition coefficient (Wildman–Crippen LogP) is 4.92. The van der Waals surface area contributed by atoms with E-state index in [1.807, 2.05) is 47.9 Å². The second-order valence-electron chi connectivity index (χ2n) is 6.18. The van der Waals surface area contributed by atoms with Gasteiger partial charge in [-0.05, 0) is 61.5 Å². The molecule has 0 radical (unpaired) electrons. The fraction of sp³-hybridized carbons (Fsp3) is 0.300. The molecule has 1 heterocycles. The average molecular weight is 420 g/mol. The first-order chi connectivity index (χ1) is 13.5. The summed E-state index contributed by atoms with van der Waals surface area (Å²) in [6, 6.07) is 11.2. The Morgan fingerprint density at radius 3 is 2.64 bits per heavy atom. The van der Waals surface area contributed by atoms with E-state index in [4.69, 9.17) is 38.0 Å². The first-order valence-corrected chi connectivity index (χ1v) is 9.59. The molecule has 1 N–H and O–H groups in total. The Morgan fingerprint density at radius 1 is 1.11 bits per heavy atom. The Kier molecular flexibility index (Phi) is 6.59. The lowest BCUT2D eigenvalue weighted by molar-refractivity contribution is 0.307. The van der Waals surface area contributed by atoms with Crippen LogP contribution in [0, 0.1) is 11.7 Å². The third-order valence-corrected chi connectivity index (χ3v) is 4.82. The van der Waals surface area contributed by atoms with Gasteiger partial charge in [0.25, 0.3) is 0 Å². The van der Waals surface area contributed by atoms with Crippen molar-refractivity contribution >= 4 is 23.8 Å². The van der Waals surface area contributed by atoms with Crippen LogP contribution in [0.25, 0.3) is 5.69 Å². The topological polar surface area (TPSA) is 61.3 Å². The summed E-state index contributed by atoms with van der Waals surface area (Å²) in [5.74, 6) is 3.01. The van der Waals surface area contributed by atoms with Gasteiger partial charge in [-0.25, -0.2) is 0 Å². The number of methoxy groups -OCH3 is 2. The van der Waals surface area contributed by atoms with Crippen molar-refractivity contribution in [3.63, 3.8) is 0 Å². The molecule has 3 aromatic rings. The van der Waals surface area contributed by atoms with Gasteiger partial charge in [0.15, 0.2) is 4.77 Å². The van der Waals surface area contributed by atoms with Crippen LogP contribution in [0.4, 0.5) is 0 Å². The van der Waals surface area contributed by atoms with Crippen molar-refractivity contribution in [2.45, 2.75) is 19.8 Å². The Hall–Kier alpha value is -2.51. The van der Waals surface area contributed by atoms with Crippen LogP contribution >= 0.6 is 23.8 Å². The first-order valence-electron chi connectivity index (χ1n) is 8.81. The van der Waals surface area contributed by atoms with Gasteiger partial charge in [0.05, 0.1) is 26.5 Å². The number of aromatic nitrogens is 3. The number of nitrogens with one attached hydrogen (secondary N) is 1. The van der Waals surface area contributed by atoms with E-state index < -0.39 is 0 Å². The van der Waals surface area contributed by atoms with Gasteiger partial charge in [-0.2, -0.15) is 5.10 Å². The van der Waals surface area contributed by atoms with Gasteiger partial charge in [-0.1, -0.05) is 11.6 Å². The number of benzene rings is 2. The molecule has 0 saturated heterocycles. The van der Waals surface area contributed by atoms with Crippen LogP contribution in [-0.4, -0.2) is 35.6 Å². The summed E-state index contributed by atoms with van der Waals surface area (Å²) < 4.78 is 19.0. The minimum atomic E-state index is 0.507. The van der Waals surface area contributed by atoms with E-state index in [0.29, 0.717) is 34.3 Å². The molecule has 0 fully saturated rings. The maximum atomic E-state index is 5.98. The van der Waals surface area contributed by atoms with Gasteiger partial charge in [-0.3, -0.25) is 9.67 Å². The highest BCUT2D eigenvalue weighted by Gasteiger charge is 2.14. The molecule has 28 heavy (non-hydrogen) atoms. The number of aromatic amines is 1. The third-order valence-electron chi connectivity index (χ3n) is 4.31. The molecule has 0 atom stereocenters. The number of rotatable bonds is 8. The van der Waals surface area contributed by atoms with Crippen molar-refractivity contribution in [1.82, 2.24) is 14.8 Å². The summed E-state index contributed by atoms with van der Waals surface area (Å²) in [6.45, 7) is 2.53. The molecule has 0 aliphatic rings. The maximum Gasteiger partial charge on any atom is 0.199 e. The molecule has 0 aliphatic carbocycles. The van der Waals surface area contributed by atoms with Crippen molar-refractivity contribution in [2.75, 3.05) is 20.8 Å². The number of hydrogen-bond donors (Lipinski definition) is 1. The smallest absolute Gasteiger partial charge is 0.199 e. The van der Waals surface area contributed by atoms with Crippen LogP contribution < -0.4 is 14.2 Å². The first kappa shape index (κ1) is 20.2. The number of ether oxygens (including phenoxy) is 3. The monoisotopic (exact) mass is 419 g/mol. The van der Waals surface area contributed by atoms with Crippen molar-refractivity contribution in [2.24, 2.45) is 0 Å². The Balaban J connectivity index is 1.72. The van der Waals surface area contributed by atoms with E-state index >= 15 is 0 Å². The van der Waals surface area contributed by atoms with Crippen LogP contribution in [0.15, 0.2) is 36.4 Å². The summed E-state index contributed by atoms with van der Waals surface area (Å²) in [6.07, 6.45) is 1.47. The van der Waals surface area contributed by atoms with Gasteiger partial charge in [0.1, 0.15) is 23.1 Å². The van der Waals surface area contributed by atoms with E-state index in [-0.39, 0.29) is 0 Å². The Bertz CT molecular complexity index is 1020. The Labute approximate surface area is 174 Å². The molecule has 0 saturated carbocycles. The SMILES string of the molecule is COc1ccc(-n2c(CCCOc3ccc(Cl)cc3C)n[nH]c2=S)c(OC)c1. The third kappa shape index (κ3) is 4.48. The zero-order valence-corrected chi connectivity index (χ0v) is 17.6. The predicted molar refractivity (Wildman–Crippen MR) is 112 cm³/mol. The van der Waals surface area contributed by atoms with Crippen molar-refractivity contribution in [1.29, 1.82) is 0 Å². The van der Waals surface area contributed by atoms with Gasteiger partial charge < -0.3 is 14.2 Å². The molecule has 148 valence electrons. The van der Waals surface area contributed by atoms with Crippen molar-refractivity contribution in [3.8, 4) is 22.9 Å². The molecule has 0 aliphatic heterocycles. The summed E-state index contributed by atoms with van der Waals surface area (Å²) in [5, 5.41) is 7.94. The normalized spacial score (nSPS) is 10.7. The summed E-state index contributed by atoms with van der Waals surface area (Å²) in [5.41, 5.74) is 1.82. The van der Waals surface area contributed by atoms with Gasteiger partial charge in [0.2, 0.25) is 0 Å². The Morgan fingerprint density at radius 2 is 1.93 bits per heavy atom. The zero-order chi connectivity index (χ0) is 20.1. The van der Waals surface area contributed by atoms with Crippen LogP contribution in [-0.2, 0) is 6.42 Å². The summed E-state index contributed by atoms with van der Waals surface area (Å²) in [4.78, 5) is 0. The fourth-order valence-electron chi connectivity index (χ4n) is 2.90. The number of aryl methyl sites for hydroxylation is 2. The van der Waals surface area contributed by atoms with Crippen LogP contribution in [0.2, 0.25) is 5.02 Å². The van der Waals surface area contributed by atoms with E-state index in [1.54, 1.807) is 14.2 Å². The van der Waals surface area contributed by atoms with Crippen molar-refractivity contribution in [3.05, 3.63) is 57.6 Å². The average Bonchev–Trinajstić information content (AvgIpc) is 3.06. The molecule has 6 nitrogen and oxygen atoms in total. The highest BCUT2D eigenvalue weighted by molar-refractivity contribution is 7.71. The van der Waals surface area contributed by atoms with Gasteiger partial charge >= 0.3 is 0 Å². The van der Waals surface area contributed by atoms with Crippen LogP contribution in [0.3, 0.4) is 0 Å². The molecular weight excluding hydrogens is 398 g/mol. The van der Waals surface area contributed by atoms with Crippen LogP contribution in [0.1, 0.15) is 17.8 Å². The number of halogens is 1. The fourth-order valence-corrected chi connectivity index (χ4v) is 3.38. The van der Waals surface area contributed by atoms with E-state index in [9.17, 15) is 0 Å². The highest BCUT2D eigenvalue weighted by atomic mass is 35.5. The highest BCUT2D eigenvalue weighted by Crippen LogP contribution is 2.29. The minimum Gasteiger partial charge on any atom is -0.497 e. The molecular formula is C20H22ClN3O3S. The lowest BCUT2D eigenvalue weighted by Crippen LogP contribution is -2.07. The molecule has 0 spiro atoms. The number of nitrogens with zero attached hydrogens (tertiary/aromatic N) is 2. The molecule has 2 aromatic carbocycles. The lowest BCUT2D eigenvalue weighted by atomic mass is 10.2. The molecule has 8 heteroatoms. The van der Waals surface area contributed by atoms with E-state index in [0.717, 1.165) is 29.2 Å². The minimum absolute atomic E-state index is 0.507. The molecule has 0 bridgehead atoms. The summed E-state index contributed by atoms with van der Waals surface area (Å²) in [7, 11) is 3.23. The van der Waals surface area contributed by atoms with Crippen molar-refractivity contribution < 1.29 is 14.2 Å². The zero-order valence-electron chi connectivity index (χ0n) is 16.0. The number of H-pyrrole nitrogens is 1. The largest absolute Gasteiger partial charge is 0.497 e. The van der Waals surface area contributed by atoms with Crippen LogP contribution in [0.5, 0.6) is 17.2 Å². The standard InChI is InChI=1S/C20H22ClN3O3S/c1-13-11-14(21)6-9-17(13)27-10-4-5-19-22-23-20(28)24(19)16-8-7-15(25-2)12-18(16)26-3/h6-9,11-12H,4-5,10H2,1-3H3,(H,23,28). The van der Waals surface area contributed by atoms with Gasteiger partial charge in [0, 0.05) is 17.5 Å². The second kappa shape index (κ2) is 9.12. The van der Waals surface area contributed by atoms with E-state index in [2.05, 4.69) is 10.2 Å². The quantitative estimate of drug-likeness (QED) is 0.414.